The molecule has 0 saturated carbocycles. The van der Waals surface area contributed by atoms with Crippen LogP contribution in [-0.2, 0) is 4.79 Å². The second-order valence-electron chi connectivity index (χ2n) is 4.95. The fraction of sp³-hybridized carbons (Fsp3) is 0.118. The molecule has 2 rings (SSSR count). The number of azo groups is 1. The third-order valence-electron chi connectivity index (χ3n) is 2.97. The molecule has 22 heavy (non-hydrogen) atoms. The Morgan fingerprint density at radius 2 is 1.82 bits per heavy atom. The molecule has 0 aliphatic heterocycles. The van der Waals surface area contributed by atoms with E-state index in [4.69, 9.17) is 0 Å². The SMILES string of the molecule is C=C(C)C(=O)Nc1ccc(N=Nc2ccc(O)cc2C)cc1. The molecule has 0 atom stereocenters. The molecule has 0 saturated heterocycles. The van der Waals surface area contributed by atoms with Gasteiger partial charge in [-0.3, -0.25) is 4.79 Å². The molecule has 5 heteroatoms. The summed E-state index contributed by atoms with van der Waals surface area (Å²) in [5.74, 6) is -0.0110. The predicted molar refractivity (Wildman–Crippen MR) is 86.9 cm³/mol. The summed E-state index contributed by atoms with van der Waals surface area (Å²) in [6.07, 6.45) is 0. The highest BCUT2D eigenvalue weighted by atomic mass is 16.3. The van der Waals surface area contributed by atoms with Gasteiger partial charge in [0.15, 0.2) is 0 Å². The predicted octanol–water partition coefficient (Wildman–Crippen LogP) is 4.63. The molecule has 0 aliphatic carbocycles. The Morgan fingerprint density at radius 3 is 2.41 bits per heavy atom. The zero-order valence-corrected chi connectivity index (χ0v) is 12.5. The molecule has 0 fully saturated rings. The molecule has 5 nitrogen and oxygen atoms in total. The monoisotopic (exact) mass is 295 g/mol. The van der Waals surface area contributed by atoms with E-state index in [0.717, 1.165) is 5.56 Å². The molecule has 112 valence electrons. The molecule has 0 heterocycles. The van der Waals surface area contributed by atoms with E-state index in [1.807, 2.05) is 6.92 Å². The van der Waals surface area contributed by atoms with Gasteiger partial charge in [-0.15, -0.1) is 0 Å². The van der Waals surface area contributed by atoms with Crippen molar-refractivity contribution in [2.75, 3.05) is 5.32 Å². The summed E-state index contributed by atoms with van der Waals surface area (Å²) in [5, 5.41) is 20.4. The van der Waals surface area contributed by atoms with Crippen LogP contribution in [0.3, 0.4) is 0 Å². The van der Waals surface area contributed by atoms with Crippen molar-refractivity contribution in [3.63, 3.8) is 0 Å². The summed E-state index contributed by atoms with van der Waals surface area (Å²) >= 11 is 0. The quantitative estimate of drug-likeness (QED) is 0.637. The number of rotatable bonds is 4. The minimum atomic E-state index is -0.214. The third-order valence-corrected chi connectivity index (χ3v) is 2.97. The summed E-state index contributed by atoms with van der Waals surface area (Å²) in [4.78, 5) is 11.5. The molecule has 2 aromatic carbocycles. The second kappa shape index (κ2) is 6.67. The number of nitrogens with one attached hydrogen (secondary N) is 1. The lowest BCUT2D eigenvalue weighted by Crippen LogP contribution is -2.11. The first-order valence-electron chi connectivity index (χ1n) is 6.74. The summed E-state index contributed by atoms with van der Waals surface area (Å²) in [6, 6.07) is 11.9. The van der Waals surface area contributed by atoms with Crippen LogP contribution in [0, 0.1) is 6.92 Å². The van der Waals surface area contributed by atoms with Crippen LogP contribution in [0.15, 0.2) is 64.8 Å². The van der Waals surface area contributed by atoms with Crippen LogP contribution in [0.25, 0.3) is 0 Å². The highest BCUT2D eigenvalue weighted by molar-refractivity contribution is 6.02. The van der Waals surface area contributed by atoms with Crippen molar-refractivity contribution in [2.45, 2.75) is 13.8 Å². The summed E-state index contributed by atoms with van der Waals surface area (Å²) in [7, 11) is 0. The summed E-state index contributed by atoms with van der Waals surface area (Å²) in [6.45, 7) is 7.09. The van der Waals surface area contributed by atoms with Gasteiger partial charge < -0.3 is 10.4 Å². The maximum atomic E-state index is 11.5. The van der Waals surface area contributed by atoms with Gasteiger partial charge in [-0.05, 0) is 61.9 Å². The molecule has 0 bridgehead atoms. The van der Waals surface area contributed by atoms with Crippen molar-refractivity contribution in [2.24, 2.45) is 10.2 Å². The van der Waals surface area contributed by atoms with E-state index in [-0.39, 0.29) is 11.7 Å². The lowest BCUT2D eigenvalue weighted by Gasteiger charge is -2.04. The fourth-order valence-corrected chi connectivity index (χ4v) is 1.71. The van der Waals surface area contributed by atoms with E-state index < -0.39 is 0 Å². The molecule has 0 aliphatic rings. The van der Waals surface area contributed by atoms with Crippen molar-refractivity contribution >= 4 is 23.0 Å². The highest BCUT2D eigenvalue weighted by Crippen LogP contribution is 2.25. The lowest BCUT2D eigenvalue weighted by molar-refractivity contribution is -0.112. The van der Waals surface area contributed by atoms with Crippen LogP contribution in [0.4, 0.5) is 17.1 Å². The Balaban J connectivity index is 2.09. The van der Waals surface area contributed by atoms with E-state index in [1.165, 1.54) is 0 Å². The Morgan fingerprint density at radius 1 is 1.14 bits per heavy atom. The lowest BCUT2D eigenvalue weighted by atomic mass is 10.2. The van der Waals surface area contributed by atoms with Crippen LogP contribution in [0.2, 0.25) is 0 Å². The fourth-order valence-electron chi connectivity index (χ4n) is 1.71. The van der Waals surface area contributed by atoms with Crippen LogP contribution < -0.4 is 5.32 Å². The summed E-state index contributed by atoms with van der Waals surface area (Å²) < 4.78 is 0. The highest BCUT2D eigenvalue weighted by Gasteiger charge is 2.02. The Hall–Kier alpha value is -2.95. The van der Waals surface area contributed by atoms with Crippen molar-refractivity contribution < 1.29 is 9.90 Å². The molecule has 0 spiro atoms. The average molecular weight is 295 g/mol. The average Bonchev–Trinajstić information content (AvgIpc) is 2.47. The van der Waals surface area contributed by atoms with Crippen molar-refractivity contribution in [3.8, 4) is 5.75 Å². The number of nitrogens with zero attached hydrogens (tertiary/aromatic N) is 2. The number of anilines is 1. The van der Waals surface area contributed by atoms with Gasteiger partial charge in [0.25, 0.3) is 5.91 Å². The number of amides is 1. The number of hydrogen-bond acceptors (Lipinski definition) is 4. The number of phenolic OH excluding ortho intramolecular Hbond substituents is 1. The first kappa shape index (κ1) is 15.4. The third kappa shape index (κ3) is 4.02. The topological polar surface area (TPSA) is 74.0 Å². The maximum Gasteiger partial charge on any atom is 0.250 e. The largest absolute Gasteiger partial charge is 0.508 e. The molecule has 0 aromatic heterocycles. The number of benzene rings is 2. The van der Waals surface area contributed by atoms with E-state index in [2.05, 4.69) is 22.1 Å². The van der Waals surface area contributed by atoms with Gasteiger partial charge in [0.2, 0.25) is 0 Å². The van der Waals surface area contributed by atoms with Gasteiger partial charge in [-0.2, -0.15) is 10.2 Å². The second-order valence-corrected chi connectivity index (χ2v) is 4.95. The Kier molecular flexibility index (Phi) is 4.68. The smallest absolute Gasteiger partial charge is 0.250 e. The number of phenols is 1. The Labute approximate surface area is 129 Å². The number of carbonyl (C=O) groups is 1. The van der Waals surface area contributed by atoms with Gasteiger partial charge in [0.05, 0.1) is 11.4 Å². The van der Waals surface area contributed by atoms with Crippen molar-refractivity contribution in [3.05, 3.63) is 60.2 Å². The zero-order valence-electron chi connectivity index (χ0n) is 12.5. The normalized spacial score (nSPS) is 10.6. The number of carbonyl (C=O) groups excluding carboxylic acids is 1. The molecule has 0 unspecified atom stereocenters. The number of aryl methyl sites for hydroxylation is 1. The van der Waals surface area contributed by atoms with E-state index >= 15 is 0 Å². The number of aromatic hydroxyl groups is 1. The Bertz CT molecular complexity index is 734. The van der Waals surface area contributed by atoms with Gasteiger partial charge in [-0.25, -0.2) is 0 Å². The molecular weight excluding hydrogens is 278 g/mol. The number of hydrogen-bond donors (Lipinski definition) is 2. The van der Waals surface area contributed by atoms with Crippen LogP contribution >= 0.6 is 0 Å². The van der Waals surface area contributed by atoms with Crippen LogP contribution in [0.5, 0.6) is 5.75 Å². The van der Waals surface area contributed by atoms with Gasteiger partial charge >= 0.3 is 0 Å². The molecular formula is C17H17N3O2. The van der Waals surface area contributed by atoms with Crippen LogP contribution in [0.1, 0.15) is 12.5 Å². The van der Waals surface area contributed by atoms with E-state index in [9.17, 15) is 9.90 Å². The molecule has 1 amide bonds. The molecule has 2 N–H and O–H groups in total. The van der Waals surface area contributed by atoms with Crippen molar-refractivity contribution in [1.82, 2.24) is 0 Å². The zero-order chi connectivity index (χ0) is 16.1. The van der Waals surface area contributed by atoms with Crippen LogP contribution in [-0.4, -0.2) is 11.0 Å². The van der Waals surface area contributed by atoms with E-state index in [1.54, 1.807) is 49.4 Å². The van der Waals surface area contributed by atoms with Crippen molar-refractivity contribution in [1.29, 1.82) is 0 Å². The first-order valence-corrected chi connectivity index (χ1v) is 6.74. The van der Waals surface area contributed by atoms with Gasteiger partial charge in [-0.1, -0.05) is 6.58 Å². The van der Waals surface area contributed by atoms with Gasteiger partial charge in [0, 0.05) is 11.3 Å². The van der Waals surface area contributed by atoms with E-state index in [0.29, 0.717) is 22.6 Å². The standard InChI is InChI=1S/C17H17N3O2/c1-11(2)17(22)18-13-4-6-14(7-5-13)19-20-16-9-8-15(21)10-12(16)3/h4-10,21H,1H2,2-3H3,(H,18,22). The molecule has 2 aromatic rings. The summed E-state index contributed by atoms with van der Waals surface area (Å²) in [5.41, 5.74) is 3.33. The first-order chi connectivity index (χ1) is 10.5. The minimum Gasteiger partial charge on any atom is -0.508 e. The minimum absolute atomic E-state index is 0.203. The maximum absolute atomic E-state index is 11.5. The molecule has 0 radical (unpaired) electrons. The van der Waals surface area contributed by atoms with Gasteiger partial charge in [0.1, 0.15) is 5.75 Å².